The van der Waals surface area contributed by atoms with Crippen molar-refractivity contribution in [2.24, 2.45) is 7.05 Å². The van der Waals surface area contributed by atoms with Crippen molar-refractivity contribution in [3.8, 4) is 11.5 Å². The number of hydrogen-bond acceptors (Lipinski definition) is 8. The molecule has 0 saturated carbocycles. The summed E-state index contributed by atoms with van der Waals surface area (Å²) >= 11 is 0. The van der Waals surface area contributed by atoms with Crippen molar-refractivity contribution in [2.75, 3.05) is 37.9 Å². The number of benzene rings is 1. The number of nitrogens with zero attached hydrogens (tertiary/aromatic N) is 6. The van der Waals surface area contributed by atoms with E-state index in [0.29, 0.717) is 5.95 Å². The number of hydrogen-bond donors (Lipinski definition) is 0. The maximum absolute atomic E-state index is 10.8. The Balaban J connectivity index is 1.37. The summed E-state index contributed by atoms with van der Waals surface area (Å²) in [5.74, 6) is 1.76. The topological polar surface area (TPSA) is 98.8 Å². The van der Waals surface area contributed by atoms with Gasteiger partial charge in [0.1, 0.15) is 0 Å². The van der Waals surface area contributed by atoms with Crippen LogP contribution in [0.3, 0.4) is 0 Å². The van der Waals surface area contributed by atoms with Gasteiger partial charge in [-0.3, -0.25) is 4.90 Å². The summed E-state index contributed by atoms with van der Waals surface area (Å²) in [5, 5.41) is 14.6. The highest BCUT2D eigenvalue weighted by Gasteiger charge is 2.27. The van der Waals surface area contributed by atoms with E-state index in [1.807, 2.05) is 23.1 Å². The fourth-order valence-corrected chi connectivity index (χ4v) is 3.12. The van der Waals surface area contributed by atoms with Crippen LogP contribution in [0.1, 0.15) is 5.56 Å². The smallest absolute Gasteiger partial charge is 0.454 e. The van der Waals surface area contributed by atoms with Crippen LogP contribution < -0.4 is 14.4 Å². The zero-order valence-electron chi connectivity index (χ0n) is 13.8. The third-order valence-corrected chi connectivity index (χ3v) is 4.39. The van der Waals surface area contributed by atoms with Gasteiger partial charge in [-0.25, -0.2) is 0 Å². The van der Waals surface area contributed by atoms with Gasteiger partial charge in [-0.15, -0.1) is 0 Å². The average Bonchev–Trinajstić information content (AvgIpc) is 3.22. The average molecular weight is 346 g/mol. The van der Waals surface area contributed by atoms with Crippen molar-refractivity contribution in [3.63, 3.8) is 0 Å². The van der Waals surface area contributed by atoms with Crippen LogP contribution in [0.25, 0.3) is 0 Å². The molecule has 1 fully saturated rings. The Morgan fingerprint density at radius 2 is 1.96 bits per heavy atom. The highest BCUT2D eigenvalue weighted by atomic mass is 16.7. The first kappa shape index (κ1) is 15.6. The van der Waals surface area contributed by atoms with E-state index < -0.39 is 4.92 Å². The number of fused-ring (bicyclic) bond motifs is 1. The van der Waals surface area contributed by atoms with Gasteiger partial charge in [-0.1, -0.05) is 6.07 Å². The monoisotopic (exact) mass is 346 g/mol. The number of piperazine rings is 1. The summed E-state index contributed by atoms with van der Waals surface area (Å²) in [4.78, 5) is 18.6. The van der Waals surface area contributed by atoms with E-state index in [-0.39, 0.29) is 12.7 Å². The zero-order valence-corrected chi connectivity index (χ0v) is 13.8. The lowest BCUT2D eigenvalue weighted by Gasteiger charge is -2.33. The van der Waals surface area contributed by atoms with Crippen molar-refractivity contribution >= 4 is 11.9 Å². The van der Waals surface area contributed by atoms with E-state index in [1.165, 1.54) is 10.2 Å². The molecule has 0 bridgehead atoms. The molecule has 0 aliphatic carbocycles. The van der Waals surface area contributed by atoms with Crippen LogP contribution in [0.15, 0.2) is 18.2 Å². The molecule has 1 aromatic heterocycles. The molecule has 10 nitrogen and oxygen atoms in total. The normalized spacial score (nSPS) is 17.1. The summed E-state index contributed by atoms with van der Waals surface area (Å²) in [6.45, 7) is 4.28. The molecule has 4 rings (SSSR count). The largest absolute Gasteiger partial charge is 0.493 e. The van der Waals surface area contributed by atoms with Gasteiger partial charge >= 0.3 is 11.9 Å². The van der Waals surface area contributed by atoms with E-state index in [1.54, 1.807) is 7.05 Å². The predicted octanol–water partition coefficient (Wildman–Crippen LogP) is 0.774. The minimum Gasteiger partial charge on any atom is -0.454 e. The van der Waals surface area contributed by atoms with Crippen LogP contribution >= 0.6 is 0 Å². The molecule has 10 heteroatoms. The second-order valence-electron chi connectivity index (χ2n) is 6.04. The molecule has 25 heavy (non-hydrogen) atoms. The van der Waals surface area contributed by atoms with Crippen molar-refractivity contribution < 1.29 is 14.4 Å². The molecule has 1 aromatic carbocycles. The van der Waals surface area contributed by atoms with Crippen LogP contribution in [0.4, 0.5) is 11.9 Å². The minimum atomic E-state index is -0.570. The van der Waals surface area contributed by atoms with Crippen LogP contribution in [0.5, 0.6) is 11.5 Å². The quantitative estimate of drug-likeness (QED) is 0.591. The molecule has 0 spiro atoms. The third kappa shape index (κ3) is 3.07. The van der Waals surface area contributed by atoms with E-state index >= 15 is 0 Å². The van der Waals surface area contributed by atoms with Crippen LogP contribution in [-0.2, 0) is 13.6 Å². The molecule has 0 radical (unpaired) electrons. The van der Waals surface area contributed by atoms with E-state index in [2.05, 4.69) is 15.0 Å². The minimum absolute atomic E-state index is 0.279. The highest BCUT2D eigenvalue weighted by Crippen LogP contribution is 2.32. The second-order valence-corrected chi connectivity index (χ2v) is 6.04. The number of anilines is 1. The Labute approximate surface area is 143 Å². The fraction of sp³-hybridized carbons (Fsp3) is 0.467. The van der Waals surface area contributed by atoms with Gasteiger partial charge in [0.25, 0.3) is 0 Å². The molecule has 2 aliphatic rings. The Morgan fingerprint density at radius 1 is 1.20 bits per heavy atom. The van der Waals surface area contributed by atoms with Crippen molar-refractivity contribution in [3.05, 3.63) is 33.9 Å². The molecule has 132 valence electrons. The second kappa shape index (κ2) is 6.20. The first-order chi connectivity index (χ1) is 12.1. The van der Waals surface area contributed by atoms with E-state index in [9.17, 15) is 10.1 Å². The number of ether oxygens (including phenoxy) is 2. The van der Waals surface area contributed by atoms with Crippen molar-refractivity contribution in [2.45, 2.75) is 6.54 Å². The summed E-state index contributed by atoms with van der Waals surface area (Å²) in [6, 6.07) is 6.00. The van der Waals surface area contributed by atoms with Gasteiger partial charge < -0.3 is 24.5 Å². The van der Waals surface area contributed by atoms with Gasteiger partial charge in [0, 0.05) is 44.9 Å². The van der Waals surface area contributed by atoms with Crippen LogP contribution in [0.2, 0.25) is 0 Å². The SMILES string of the molecule is Cn1nc([N+](=O)[O-])nc1N1CCN(Cc2ccc3c(c2)OCO3)CC1. The fourth-order valence-electron chi connectivity index (χ4n) is 3.12. The molecular formula is C15H18N6O4. The first-order valence-corrected chi connectivity index (χ1v) is 8.01. The number of rotatable bonds is 4. The van der Waals surface area contributed by atoms with Gasteiger partial charge in [0.2, 0.25) is 6.79 Å². The predicted molar refractivity (Wildman–Crippen MR) is 87.7 cm³/mol. The van der Waals surface area contributed by atoms with Gasteiger partial charge in [-0.2, -0.15) is 4.68 Å². The highest BCUT2D eigenvalue weighted by molar-refractivity contribution is 5.44. The lowest BCUT2D eigenvalue weighted by Crippen LogP contribution is -2.46. The van der Waals surface area contributed by atoms with Crippen molar-refractivity contribution in [1.29, 1.82) is 0 Å². The molecule has 0 N–H and O–H groups in total. The molecule has 2 aliphatic heterocycles. The molecule has 0 unspecified atom stereocenters. The molecule has 1 saturated heterocycles. The summed E-state index contributed by atoms with van der Waals surface area (Å²) < 4.78 is 12.2. The first-order valence-electron chi connectivity index (χ1n) is 8.01. The number of aromatic nitrogens is 3. The van der Waals surface area contributed by atoms with Crippen molar-refractivity contribution in [1.82, 2.24) is 19.7 Å². The summed E-state index contributed by atoms with van der Waals surface area (Å²) in [6.07, 6.45) is 0. The number of aryl methyl sites for hydroxylation is 1. The van der Waals surface area contributed by atoms with E-state index in [0.717, 1.165) is 44.2 Å². The lowest BCUT2D eigenvalue weighted by molar-refractivity contribution is -0.394. The third-order valence-electron chi connectivity index (χ3n) is 4.39. The van der Waals surface area contributed by atoms with Gasteiger partial charge in [0.15, 0.2) is 11.5 Å². The Morgan fingerprint density at radius 3 is 2.68 bits per heavy atom. The maximum atomic E-state index is 10.8. The summed E-state index contributed by atoms with van der Waals surface area (Å²) in [5.41, 5.74) is 1.17. The molecular weight excluding hydrogens is 328 g/mol. The Bertz CT molecular complexity index is 799. The standard InChI is InChI=1S/C15H18N6O4/c1-18-15(16-14(17-18)21(22)23)20-6-4-19(5-7-20)9-11-2-3-12-13(8-11)25-10-24-12/h2-3,8H,4-7,9-10H2,1H3. The van der Waals surface area contributed by atoms with Crippen LogP contribution in [0, 0.1) is 10.1 Å². The lowest BCUT2D eigenvalue weighted by atomic mass is 10.1. The maximum Gasteiger partial charge on any atom is 0.493 e. The van der Waals surface area contributed by atoms with Gasteiger partial charge in [0.05, 0.1) is 0 Å². The number of nitro groups is 1. The van der Waals surface area contributed by atoms with Gasteiger partial charge in [-0.05, 0) is 27.6 Å². The van der Waals surface area contributed by atoms with Crippen LogP contribution in [-0.4, -0.2) is 57.6 Å². The van der Waals surface area contributed by atoms with E-state index in [4.69, 9.17) is 9.47 Å². The molecule has 2 aromatic rings. The Kier molecular flexibility index (Phi) is 3.88. The molecule has 3 heterocycles. The molecule has 0 amide bonds. The Hall–Kier alpha value is -2.88. The summed E-state index contributed by atoms with van der Waals surface area (Å²) in [7, 11) is 1.67. The molecule has 0 atom stereocenters. The zero-order chi connectivity index (χ0) is 17.4.